The van der Waals surface area contributed by atoms with E-state index in [4.69, 9.17) is 0 Å². The van der Waals surface area contributed by atoms with Crippen LogP contribution in [0.15, 0.2) is 54.6 Å². The molecule has 0 unspecified atom stereocenters. The van der Waals surface area contributed by atoms with Crippen LogP contribution in [0.2, 0.25) is 0 Å². The van der Waals surface area contributed by atoms with E-state index in [1.807, 2.05) is 36.4 Å². The minimum Gasteiger partial charge on any atom is -0.0654 e. The Hall–Kier alpha value is -1.56. The highest BCUT2D eigenvalue weighted by atomic mass is 14.2. The monoisotopic (exact) mass is 266 g/mol. The second-order valence-corrected chi connectivity index (χ2v) is 5.54. The van der Waals surface area contributed by atoms with Crippen LogP contribution in [0.4, 0.5) is 0 Å². The van der Waals surface area contributed by atoms with E-state index < -0.39 is 0 Å². The van der Waals surface area contributed by atoms with Crippen molar-refractivity contribution in [1.82, 2.24) is 0 Å². The highest BCUT2D eigenvalue weighted by molar-refractivity contribution is 5.80. The molecule has 0 heterocycles. The van der Waals surface area contributed by atoms with E-state index in [-0.39, 0.29) is 0 Å². The molecule has 0 heteroatoms. The van der Waals surface area contributed by atoms with Crippen molar-refractivity contribution in [3.05, 3.63) is 60.2 Å². The summed E-state index contributed by atoms with van der Waals surface area (Å²) in [7, 11) is 0. The van der Waals surface area contributed by atoms with Crippen molar-refractivity contribution >= 4 is 0 Å². The van der Waals surface area contributed by atoms with Crippen molar-refractivity contribution in [3.8, 4) is 11.1 Å². The van der Waals surface area contributed by atoms with Crippen LogP contribution in [-0.4, -0.2) is 0 Å². The minimum absolute atomic E-state index is 1.31. The number of unbranched alkanes of at least 4 members (excludes halogenated alkanes) is 5. The fourth-order valence-corrected chi connectivity index (χ4v) is 2.56. The molecule has 0 saturated heterocycles. The van der Waals surface area contributed by atoms with Gasteiger partial charge in [0.2, 0.25) is 0 Å². The first kappa shape index (κ1) is 14.8. The lowest BCUT2D eigenvalue weighted by Crippen LogP contribution is -2.00. The van der Waals surface area contributed by atoms with E-state index >= 15 is 0 Å². The number of benzene rings is 2. The molecule has 1 aromatic carbocycles. The maximum Gasteiger partial charge on any atom is -0.0151 e. The molecule has 0 bridgehead atoms. The summed E-state index contributed by atoms with van der Waals surface area (Å²) in [4.78, 5) is 0. The molecule has 2 aliphatic carbocycles. The average Bonchev–Trinajstić information content (AvgIpc) is 2.49. The van der Waals surface area contributed by atoms with Crippen molar-refractivity contribution in [2.75, 3.05) is 0 Å². The number of aryl methyl sites for hydroxylation is 1. The molecule has 2 aliphatic rings. The third-order valence-corrected chi connectivity index (χ3v) is 3.88. The molecule has 20 heavy (non-hydrogen) atoms. The zero-order valence-electron chi connectivity index (χ0n) is 12.6. The summed E-state index contributed by atoms with van der Waals surface area (Å²) in [5.41, 5.74) is 4.66. The Bertz CT molecular complexity index is 458. The Balaban J connectivity index is 0.000000205. The first-order valence-electron chi connectivity index (χ1n) is 8.05. The van der Waals surface area contributed by atoms with Gasteiger partial charge in [0.05, 0.1) is 0 Å². The Labute approximate surface area is 123 Å². The van der Waals surface area contributed by atoms with E-state index in [9.17, 15) is 0 Å². The van der Waals surface area contributed by atoms with Gasteiger partial charge >= 0.3 is 0 Å². The second-order valence-electron chi connectivity index (χ2n) is 5.54. The van der Waals surface area contributed by atoms with E-state index in [2.05, 4.69) is 25.1 Å². The van der Waals surface area contributed by atoms with Gasteiger partial charge in [0.1, 0.15) is 0 Å². The molecule has 0 fully saturated rings. The van der Waals surface area contributed by atoms with Gasteiger partial charge in [0, 0.05) is 0 Å². The van der Waals surface area contributed by atoms with Gasteiger partial charge < -0.3 is 0 Å². The molecular weight excluding hydrogens is 240 g/mol. The Morgan fingerprint density at radius 2 is 1.30 bits per heavy atom. The molecule has 106 valence electrons. The van der Waals surface area contributed by atoms with Crippen LogP contribution in [0, 0.1) is 0 Å². The van der Waals surface area contributed by atoms with Crippen molar-refractivity contribution in [1.29, 1.82) is 0 Å². The molecular formula is C20H26. The largest absolute Gasteiger partial charge is 0.0654 e. The first-order chi connectivity index (χ1) is 9.92. The van der Waals surface area contributed by atoms with Gasteiger partial charge in [-0.3, -0.25) is 0 Å². The lowest BCUT2D eigenvalue weighted by molar-refractivity contribution is 0.607. The highest BCUT2D eigenvalue weighted by Crippen LogP contribution is 2.37. The van der Waals surface area contributed by atoms with Crippen LogP contribution in [-0.2, 0) is 6.42 Å². The predicted molar refractivity (Wildman–Crippen MR) is 89.0 cm³/mol. The summed E-state index contributed by atoms with van der Waals surface area (Å²) in [6.45, 7) is 2.27. The standard InChI is InChI=1S/C14H20.C6H6/c1-2-3-4-5-6-7-8-12-11-13-9-10-14(12)13;1-2-4-6-5-3-1/h9-11H,2-8H2,1H3;1-6H. The third-order valence-electron chi connectivity index (χ3n) is 3.88. The fraction of sp³-hybridized carbons (Fsp3) is 0.400. The van der Waals surface area contributed by atoms with Crippen LogP contribution in [0.1, 0.15) is 51.0 Å². The zero-order valence-corrected chi connectivity index (χ0v) is 12.6. The Morgan fingerprint density at radius 1 is 0.700 bits per heavy atom. The van der Waals surface area contributed by atoms with Crippen molar-refractivity contribution in [2.45, 2.75) is 51.9 Å². The fourth-order valence-electron chi connectivity index (χ4n) is 2.56. The number of hydrogen-bond donors (Lipinski definition) is 0. The molecule has 0 radical (unpaired) electrons. The molecule has 3 rings (SSSR count). The number of rotatable bonds is 7. The summed E-state index contributed by atoms with van der Waals surface area (Å²) in [5, 5.41) is 0. The van der Waals surface area contributed by atoms with E-state index in [0.717, 1.165) is 0 Å². The quantitative estimate of drug-likeness (QED) is 0.443. The maximum absolute atomic E-state index is 2.35. The second kappa shape index (κ2) is 8.58. The lowest BCUT2D eigenvalue weighted by Gasteiger charge is -2.20. The van der Waals surface area contributed by atoms with Crippen LogP contribution in [0.5, 0.6) is 0 Å². The molecule has 1 aromatic rings. The van der Waals surface area contributed by atoms with Gasteiger partial charge in [0.25, 0.3) is 0 Å². The van der Waals surface area contributed by atoms with Gasteiger partial charge in [0.15, 0.2) is 0 Å². The predicted octanol–water partition coefficient (Wildman–Crippen LogP) is 6.26. The van der Waals surface area contributed by atoms with Gasteiger partial charge in [-0.05, 0) is 29.5 Å². The number of hydrogen-bond acceptors (Lipinski definition) is 0. The molecule has 0 N–H and O–H groups in total. The normalized spacial score (nSPS) is 10.7. The van der Waals surface area contributed by atoms with Gasteiger partial charge in [-0.2, -0.15) is 0 Å². The summed E-state index contributed by atoms with van der Waals surface area (Å²) in [6.07, 6.45) is 9.76. The summed E-state index contributed by atoms with van der Waals surface area (Å²) < 4.78 is 0. The molecule has 0 atom stereocenters. The molecule has 0 aromatic heterocycles. The van der Waals surface area contributed by atoms with Crippen LogP contribution in [0.25, 0.3) is 11.1 Å². The average molecular weight is 266 g/mol. The molecule has 0 amide bonds. The first-order valence-corrected chi connectivity index (χ1v) is 8.05. The molecule has 0 nitrogen and oxygen atoms in total. The van der Waals surface area contributed by atoms with Crippen molar-refractivity contribution < 1.29 is 0 Å². The molecule has 0 saturated carbocycles. The van der Waals surface area contributed by atoms with Crippen LogP contribution in [0.3, 0.4) is 0 Å². The highest BCUT2D eigenvalue weighted by Gasteiger charge is 2.15. The Kier molecular flexibility index (Phi) is 6.37. The molecule has 0 aliphatic heterocycles. The SMILES string of the molecule is CCCCCCCCc1cc2ccc1-2.c1ccccc1. The zero-order chi connectivity index (χ0) is 14.0. The summed E-state index contributed by atoms with van der Waals surface area (Å²) in [5.74, 6) is 0. The molecule has 0 spiro atoms. The van der Waals surface area contributed by atoms with Gasteiger partial charge in [-0.25, -0.2) is 0 Å². The topological polar surface area (TPSA) is 0 Å². The summed E-state index contributed by atoms with van der Waals surface area (Å²) in [6, 6.07) is 18.8. The maximum atomic E-state index is 2.35. The van der Waals surface area contributed by atoms with Crippen LogP contribution < -0.4 is 0 Å². The third kappa shape index (κ3) is 4.52. The van der Waals surface area contributed by atoms with Crippen molar-refractivity contribution in [3.63, 3.8) is 0 Å². The minimum atomic E-state index is 1.31. The lowest BCUT2D eigenvalue weighted by atomic mass is 9.84. The Morgan fingerprint density at radius 3 is 1.75 bits per heavy atom. The number of fused-ring (bicyclic) bond motifs is 1. The van der Waals surface area contributed by atoms with E-state index in [1.165, 1.54) is 50.5 Å². The van der Waals surface area contributed by atoms with E-state index in [0.29, 0.717) is 0 Å². The van der Waals surface area contributed by atoms with E-state index in [1.54, 1.807) is 11.1 Å². The van der Waals surface area contributed by atoms with Crippen LogP contribution >= 0.6 is 0 Å². The van der Waals surface area contributed by atoms with Gasteiger partial charge in [-0.15, -0.1) is 0 Å². The van der Waals surface area contributed by atoms with Gasteiger partial charge in [-0.1, -0.05) is 93.6 Å². The van der Waals surface area contributed by atoms with Crippen molar-refractivity contribution in [2.24, 2.45) is 0 Å². The summed E-state index contributed by atoms with van der Waals surface area (Å²) >= 11 is 0. The smallest absolute Gasteiger partial charge is 0.0151 e.